The lowest BCUT2D eigenvalue weighted by atomic mass is 10.1. The molecule has 0 saturated carbocycles. The second-order valence-electron chi connectivity index (χ2n) is 4.86. The monoisotopic (exact) mass is 332 g/mol. The Balaban J connectivity index is 2.01. The van der Waals surface area contributed by atoms with Gasteiger partial charge in [-0.25, -0.2) is 0 Å². The molecule has 2 aromatic carbocycles. The first-order valence-electron chi connectivity index (χ1n) is 6.72. The van der Waals surface area contributed by atoms with E-state index in [1.807, 2.05) is 0 Å². The van der Waals surface area contributed by atoms with Gasteiger partial charge in [-0.15, -0.1) is 0 Å². The second kappa shape index (κ2) is 5.85. The standard InChI is InChI=1S/C17H13ClO5/c1-21-15-7-9(5-12(18)17(15)22-2)6-14-16(20)11-4-3-10(19)8-13(11)23-14/h3-8,19H,1-2H3/b14-6-. The molecule has 0 unspecified atom stereocenters. The molecule has 2 aromatic rings. The third-order valence-corrected chi connectivity index (χ3v) is 3.69. The number of phenols is 1. The summed E-state index contributed by atoms with van der Waals surface area (Å²) in [5, 5.41) is 9.82. The number of phenolic OH excluding ortho intramolecular Hbond substituents is 1. The molecule has 0 amide bonds. The SMILES string of the molecule is COc1cc(/C=C2\Oc3cc(O)ccc3C2=O)cc(Cl)c1OC. The Bertz CT molecular complexity index is 826. The van der Waals surface area contributed by atoms with Gasteiger partial charge in [-0.1, -0.05) is 11.6 Å². The molecule has 3 rings (SSSR count). The van der Waals surface area contributed by atoms with Gasteiger partial charge in [0.05, 0.1) is 24.8 Å². The molecule has 0 atom stereocenters. The molecule has 118 valence electrons. The van der Waals surface area contributed by atoms with Gasteiger partial charge in [-0.2, -0.15) is 0 Å². The van der Waals surface area contributed by atoms with Gasteiger partial charge in [0.2, 0.25) is 5.78 Å². The quantitative estimate of drug-likeness (QED) is 0.869. The third-order valence-electron chi connectivity index (χ3n) is 3.41. The Hall–Kier alpha value is -2.66. The lowest BCUT2D eigenvalue weighted by Gasteiger charge is -2.10. The van der Waals surface area contributed by atoms with Crippen molar-refractivity contribution in [3.63, 3.8) is 0 Å². The average Bonchev–Trinajstić information content (AvgIpc) is 2.82. The molecule has 1 N–H and O–H groups in total. The van der Waals surface area contributed by atoms with Gasteiger partial charge in [-0.05, 0) is 35.9 Å². The van der Waals surface area contributed by atoms with Gasteiger partial charge in [0.15, 0.2) is 17.3 Å². The van der Waals surface area contributed by atoms with E-state index in [1.165, 1.54) is 32.4 Å². The molecule has 0 spiro atoms. The van der Waals surface area contributed by atoms with Crippen LogP contribution in [0.4, 0.5) is 0 Å². The number of fused-ring (bicyclic) bond motifs is 1. The molecule has 0 fully saturated rings. The van der Waals surface area contributed by atoms with E-state index in [0.717, 1.165) is 0 Å². The number of ketones is 1. The third kappa shape index (κ3) is 2.71. The lowest BCUT2D eigenvalue weighted by molar-refractivity contribution is 0.101. The maximum Gasteiger partial charge on any atom is 0.231 e. The summed E-state index contributed by atoms with van der Waals surface area (Å²) in [5.74, 6) is 1.12. The number of hydrogen-bond donors (Lipinski definition) is 1. The molecule has 1 heterocycles. The highest BCUT2D eigenvalue weighted by Crippen LogP contribution is 2.38. The second-order valence-corrected chi connectivity index (χ2v) is 5.27. The van der Waals surface area contributed by atoms with Crippen molar-refractivity contribution in [2.45, 2.75) is 0 Å². The Morgan fingerprint density at radius 2 is 1.96 bits per heavy atom. The maximum absolute atomic E-state index is 12.3. The molecule has 0 bridgehead atoms. The van der Waals surface area contributed by atoms with Crippen LogP contribution in [0.25, 0.3) is 6.08 Å². The average molecular weight is 333 g/mol. The number of aromatic hydroxyl groups is 1. The Morgan fingerprint density at radius 1 is 1.17 bits per heavy atom. The van der Waals surface area contributed by atoms with Crippen molar-refractivity contribution in [3.05, 3.63) is 52.2 Å². The molecular formula is C17H13ClO5. The number of carbonyl (C=O) groups excluding carboxylic acids is 1. The van der Waals surface area contributed by atoms with E-state index in [4.69, 9.17) is 25.8 Å². The van der Waals surface area contributed by atoms with Crippen molar-refractivity contribution >= 4 is 23.5 Å². The van der Waals surface area contributed by atoms with Crippen molar-refractivity contribution in [1.82, 2.24) is 0 Å². The van der Waals surface area contributed by atoms with Gasteiger partial charge in [0, 0.05) is 6.07 Å². The number of Topliss-reactive ketones (excluding diaryl/α,β-unsaturated/α-hetero) is 1. The molecule has 5 nitrogen and oxygen atoms in total. The van der Waals surface area contributed by atoms with E-state index in [0.29, 0.717) is 33.4 Å². The molecule has 1 aliphatic heterocycles. The number of benzene rings is 2. The summed E-state index contributed by atoms with van der Waals surface area (Å²) in [7, 11) is 3.00. The highest BCUT2D eigenvalue weighted by molar-refractivity contribution is 6.32. The minimum Gasteiger partial charge on any atom is -0.508 e. The first kappa shape index (κ1) is 15.2. The van der Waals surface area contributed by atoms with E-state index in [2.05, 4.69) is 0 Å². The maximum atomic E-state index is 12.3. The lowest BCUT2D eigenvalue weighted by Crippen LogP contribution is -1.98. The van der Waals surface area contributed by atoms with E-state index >= 15 is 0 Å². The van der Waals surface area contributed by atoms with Crippen LogP contribution in [0.1, 0.15) is 15.9 Å². The summed E-state index contributed by atoms with van der Waals surface area (Å²) in [6.45, 7) is 0. The normalized spacial score (nSPS) is 14.6. The van der Waals surface area contributed by atoms with Crippen LogP contribution in [-0.4, -0.2) is 25.1 Å². The van der Waals surface area contributed by atoms with Crippen LogP contribution >= 0.6 is 11.6 Å². The molecule has 1 aliphatic rings. The number of carbonyl (C=O) groups is 1. The molecule has 6 heteroatoms. The summed E-state index contributed by atoms with van der Waals surface area (Å²) in [4.78, 5) is 12.3. The number of ether oxygens (including phenoxy) is 3. The topological polar surface area (TPSA) is 65.0 Å². The zero-order chi connectivity index (χ0) is 16.6. The van der Waals surface area contributed by atoms with Crippen molar-refractivity contribution in [3.8, 4) is 23.0 Å². The molecule has 0 aromatic heterocycles. The minimum absolute atomic E-state index is 0.0342. The van der Waals surface area contributed by atoms with E-state index < -0.39 is 0 Å². The number of hydrogen-bond acceptors (Lipinski definition) is 5. The van der Waals surface area contributed by atoms with Gasteiger partial charge in [0.25, 0.3) is 0 Å². The summed E-state index contributed by atoms with van der Waals surface area (Å²) in [6, 6.07) is 7.70. The van der Waals surface area contributed by atoms with Crippen molar-refractivity contribution in [1.29, 1.82) is 0 Å². The molecule has 0 aliphatic carbocycles. The molecule has 0 saturated heterocycles. The van der Waals surface area contributed by atoms with Crippen LogP contribution in [0.2, 0.25) is 5.02 Å². The number of allylic oxidation sites excluding steroid dienone is 1. The van der Waals surface area contributed by atoms with Crippen LogP contribution in [0, 0.1) is 0 Å². The fourth-order valence-electron chi connectivity index (χ4n) is 2.35. The smallest absolute Gasteiger partial charge is 0.231 e. The minimum atomic E-state index is -0.258. The van der Waals surface area contributed by atoms with Gasteiger partial charge >= 0.3 is 0 Å². The summed E-state index contributed by atoms with van der Waals surface area (Å²) < 4.78 is 15.9. The van der Waals surface area contributed by atoms with Gasteiger partial charge in [-0.3, -0.25) is 4.79 Å². The van der Waals surface area contributed by atoms with Gasteiger partial charge < -0.3 is 19.3 Å². The molecular weight excluding hydrogens is 320 g/mol. The Morgan fingerprint density at radius 3 is 2.65 bits per heavy atom. The fourth-order valence-corrected chi connectivity index (χ4v) is 2.64. The van der Waals surface area contributed by atoms with Crippen LogP contribution in [0.5, 0.6) is 23.0 Å². The first-order chi connectivity index (χ1) is 11.0. The summed E-state index contributed by atoms with van der Waals surface area (Å²) >= 11 is 6.15. The van der Waals surface area contributed by atoms with E-state index in [1.54, 1.807) is 18.2 Å². The van der Waals surface area contributed by atoms with E-state index in [-0.39, 0.29) is 17.3 Å². The van der Waals surface area contributed by atoms with Crippen LogP contribution < -0.4 is 14.2 Å². The first-order valence-corrected chi connectivity index (χ1v) is 7.10. The zero-order valence-electron chi connectivity index (χ0n) is 12.4. The van der Waals surface area contributed by atoms with Crippen LogP contribution in [-0.2, 0) is 0 Å². The highest BCUT2D eigenvalue weighted by Gasteiger charge is 2.27. The highest BCUT2D eigenvalue weighted by atomic mass is 35.5. The number of rotatable bonds is 3. The van der Waals surface area contributed by atoms with Crippen LogP contribution in [0.3, 0.4) is 0 Å². The molecule has 0 radical (unpaired) electrons. The Labute approximate surface area is 137 Å². The molecule has 23 heavy (non-hydrogen) atoms. The predicted molar refractivity (Wildman–Crippen MR) is 85.6 cm³/mol. The van der Waals surface area contributed by atoms with Crippen molar-refractivity contribution in [2.75, 3.05) is 14.2 Å². The summed E-state index contributed by atoms with van der Waals surface area (Å²) in [6.07, 6.45) is 1.56. The predicted octanol–water partition coefficient (Wildman–Crippen LogP) is 3.68. The zero-order valence-corrected chi connectivity index (χ0v) is 13.2. The fraction of sp³-hybridized carbons (Fsp3) is 0.118. The summed E-state index contributed by atoms with van der Waals surface area (Å²) in [5.41, 5.74) is 1.04. The van der Waals surface area contributed by atoms with E-state index in [9.17, 15) is 9.90 Å². The largest absolute Gasteiger partial charge is 0.508 e. The van der Waals surface area contributed by atoms with Gasteiger partial charge in [0.1, 0.15) is 11.5 Å². The number of methoxy groups -OCH3 is 2. The van der Waals surface area contributed by atoms with Crippen molar-refractivity contribution < 1.29 is 24.1 Å². The van der Waals surface area contributed by atoms with Crippen molar-refractivity contribution in [2.24, 2.45) is 0 Å². The van der Waals surface area contributed by atoms with Crippen LogP contribution in [0.15, 0.2) is 36.1 Å². The number of halogens is 1. The Kier molecular flexibility index (Phi) is 3.88.